The molecule has 128 valence electrons. The molecule has 2 aromatic rings. The Balaban J connectivity index is 1.45. The molecule has 0 saturated carbocycles. The van der Waals surface area contributed by atoms with Crippen LogP contribution in [-0.4, -0.2) is 25.1 Å². The van der Waals surface area contributed by atoms with Gasteiger partial charge >= 0.3 is 5.97 Å². The van der Waals surface area contributed by atoms with Crippen LogP contribution in [-0.2, 0) is 9.53 Å². The molecule has 0 aromatic heterocycles. The number of anilines is 1. The molecule has 2 heterocycles. The molecule has 0 bridgehead atoms. The fourth-order valence-electron chi connectivity index (χ4n) is 2.99. The molecular formula is C19H17NO5. The highest BCUT2D eigenvalue weighted by Crippen LogP contribution is 2.34. The van der Waals surface area contributed by atoms with Crippen LogP contribution in [0.5, 0.6) is 11.5 Å². The van der Waals surface area contributed by atoms with E-state index < -0.39 is 6.10 Å². The molecule has 4 rings (SSSR count). The zero-order chi connectivity index (χ0) is 17.2. The number of carbonyl (C=O) groups excluding carboxylic acids is 2. The predicted molar refractivity (Wildman–Crippen MR) is 89.9 cm³/mol. The number of ether oxygens (including phenoxy) is 3. The number of hydrogen-bond acceptors (Lipinski definition) is 5. The summed E-state index contributed by atoms with van der Waals surface area (Å²) in [5, 5.41) is 2.82. The summed E-state index contributed by atoms with van der Waals surface area (Å²) >= 11 is 0. The van der Waals surface area contributed by atoms with Crippen LogP contribution < -0.4 is 14.8 Å². The first-order chi connectivity index (χ1) is 12.2. The van der Waals surface area contributed by atoms with Crippen molar-refractivity contribution in [2.24, 2.45) is 0 Å². The summed E-state index contributed by atoms with van der Waals surface area (Å²) < 4.78 is 16.5. The minimum absolute atomic E-state index is 0.0667. The fraction of sp³-hybridized carbons (Fsp3) is 0.263. The first-order valence-electron chi connectivity index (χ1n) is 8.20. The van der Waals surface area contributed by atoms with Gasteiger partial charge in [-0.05, 0) is 18.2 Å². The van der Waals surface area contributed by atoms with Gasteiger partial charge in [0.1, 0.15) is 6.10 Å². The molecular weight excluding hydrogens is 322 g/mol. The van der Waals surface area contributed by atoms with Crippen LogP contribution in [0.15, 0.2) is 42.5 Å². The lowest BCUT2D eigenvalue weighted by Crippen LogP contribution is -2.15. The second-order valence-corrected chi connectivity index (χ2v) is 5.95. The highest BCUT2D eigenvalue weighted by Gasteiger charge is 2.32. The van der Waals surface area contributed by atoms with Gasteiger partial charge in [-0.15, -0.1) is 0 Å². The molecule has 0 aliphatic carbocycles. The Bertz CT molecular complexity index is 832. The Kier molecular flexibility index (Phi) is 4.01. The Hall–Kier alpha value is -3.02. The number of carbonyl (C=O) groups is 2. The molecule has 0 saturated heterocycles. The third-order valence-electron chi connectivity index (χ3n) is 4.18. The minimum atomic E-state index is -0.552. The van der Waals surface area contributed by atoms with E-state index in [9.17, 15) is 9.59 Å². The quantitative estimate of drug-likeness (QED) is 0.870. The molecule has 25 heavy (non-hydrogen) atoms. The summed E-state index contributed by atoms with van der Waals surface area (Å²) in [6, 6.07) is 12.4. The van der Waals surface area contributed by atoms with Gasteiger partial charge in [0, 0.05) is 23.7 Å². The molecule has 2 aromatic carbocycles. The second-order valence-electron chi connectivity index (χ2n) is 5.95. The molecule has 6 heteroatoms. The van der Waals surface area contributed by atoms with Gasteiger partial charge in [-0.2, -0.15) is 0 Å². The molecule has 0 fully saturated rings. The molecule has 0 spiro atoms. The molecule has 0 radical (unpaired) electrons. The molecule has 2 aliphatic heterocycles. The Morgan fingerprint density at radius 3 is 2.76 bits per heavy atom. The van der Waals surface area contributed by atoms with Crippen molar-refractivity contribution in [2.45, 2.75) is 18.9 Å². The summed E-state index contributed by atoms with van der Waals surface area (Å²) in [7, 11) is 0. The third-order valence-corrected chi connectivity index (χ3v) is 4.18. The molecule has 2 aliphatic rings. The van der Waals surface area contributed by atoms with Crippen LogP contribution in [0.25, 0.3) is 0 Å². The number of fused-ring (bicyclic) bond motifs is 2. The highest BCUT2D eigenvalue weighted by atomic mass is 16.5. The Labute approximate surface area is 144 Å². The second kappa shape index (κ2) is 6.47. The number of nitrogens with one attached hydrogen (secondary N) is 1. The fourth-order valence-corrected chi connectivity index (χ4v) is 2.99. The van der Waals surface area contributed by atoms with E-state index in [0.717, 1.165) is 12.0 Å². The largest absolute Gasteiger partial charge is 0.490 e. The summed E-state index contributed by atoms with van der Waals surface area (Å²) in [5.74, 6) is 0.676. The van der Waals surface area contributed by atoms with Crippen molar-refractivity contribution in [3.8, 4) is 11.5 Å². The van der Waals surface area contributed by atoms with E-state index in [1.54, 1.807) is 30.3 Å². The van der Waals surface area contributed by atoms with E-state index in [1.165, 1.54) is 0 Å². The number of amides is 1. The molecule has 1 amide bonds. The number of hydrogen-bond donors (Lipinski definition) is 1. The van der Waals surface area contributed by atoms with Gasteiger partial charge in [0.2, 0.25) is 5.91 Å². The van der Waals surface area contributed by atoms with Gasteiger partial charge in [-0.25, -0.2) is 4.79 Å². The lowest BCUT2D eigenvalue weighted by atomic mass is 10.0. The van der Waals surface area contributed by atoms with Gasteiger partial charge in [-0.1, -0.05) is 18.2 Å². The maximum atomic E-state index is 12.3. The third kappa shape index (κ3) is 3.15. The van der Waals surface area contributed by atoms with Crippen LogP contribution >= 0.6 is 0 Å². The zero-order valence-corrected chi connectivity index (χ0v) is 13.5. The summed E-state index contributed by atoms with van der Waals surface area (Å²) in [6.07, 6.45) is 0.337. The van der Waals surface area contributed by atoms with Crippen molar-refractivity contribution in [2.75, 3.05) is 18.5 Å². The SMILES string of the molecule is O=C(CC1OC(=O)c2ccccc21)Nc1ccc2c(c1)OCCCO2. The van der Waals surface area contributed by atoms with E-state index in [-0.39, 0.29) is 18.3 Å². The zero-order valence-electron chi connectivity index (χ0n) is 13.5. The maximum Gasteiger partial charge on any atom is 0.339 e. The normalized spacial score (nSPS) is 18.1. The van der Waals surface area contributed by atoms with Gasteiger partial charge < -0.3 is 19.5 Å². The summed E-state index contributed by atoms with van der Waals surface area (Å²) in [5.41, 5.74) is 1.89. The Morgan fingerprint density at radius 1 is 1.08 bits per heavy atom. The van der Waals surface area contributed by atoms with Crippen LogP contribution in [0.1, 0.15) is 34.9 Å². The summed E-state index contributed by atoms with van der Waals surface area (Å²) in [4.78, 5) is 24.2. The van der Waals surface area contributed by atoms with E-state index in [1.807, 2.05) is 12.1 Å². The van der Waals surface area contributed by atoms with Gasteiger partial charge in [-0.3, -0.25) is 4.79 Å². The standard InChI is InChI=1S/C19H17NO5/c21-18(11-16-13-4-1-2-5-14(13)19(22)25-16)20-12-6-7-15-17(10-12)24-9-3-8-23-15/h1-2,4-7,10,16H,3,8-9,11H2,(H,20,21). The number of cyclic esters (lactones) is 1. The Morgan fingerprint density at radius 2 is 1.88 bits per heavy atom. The smallest absolute Gasteiger partial charge is 0.339 e. The lowest BCUT2D eigenvalue weighted by molar-refractivity contribution is -0.118. The van der Waals surface area contributed by atoms with Gasteiger partial charge in [0.05, 0.1) is 25.2 Å². The van der Waals surface area contributed by atoms with E-state index >= 15 is 0 Å². The van der Waals surface area contributed by atoms with Crippen molar-refractivity contribution in [3.63, 3.8) is 0 Å². The average Bonchev–Trinajstić information content (AvgIpc) is 2.79. The van der Waals surface area contributed by atoms with Crippen molar-refractivity contribution >= 4 is 17.6 Å². The van der Waals surface area contributed by atoms with Crippen molar-refractivity contribution in [1.82, 2.24) is 0 Å². The number of benzene rings is 2. The first-order valence-corrected chi connectivity index (χ1v) is 8.20. The average molecular weight is 339 g/mol. The van der Waals surface area contributed by atoms with Crippen molar-refractivity contribution < 1.29 is 23.8 Å². The molecule has 1 atom stereocenters. The maximum absolute atomic E-state index is 12.3. The van der Waals surface area contributed by atoms with Crippen LogP contribution in [0.2, 0.25) is 0 Å². The molecule has 6 nitrogen and oxygen atoms in total. The van der Waals surface area contributed by atoms with Crippen LogP contribution in [0.4, 0.5) is 5.69 Å². The van der Waals surface area contributed by atoms with Gasteiger partial charge in [0.15, 0.2) is 11.5 Å². The lowest BCUT2D eigenvalue weighted by Gasteiger charge is -2.13. The first kappa shape index (κ1) is 15.5. The molecule has 1 unspecified atom stereocenters. The van der Waals surface area contributed by atoms with Gasteiger partial charge in [0.25, 0.3) is 0 Å². The van der Waals surface area contributed by atoms with Crippen LogP contribution in [0.3, 0.4) is 0 Å². The highest BCUT2D eigenvalue weighted by molar-refractivity contribution is 5.96. The van der Waals surface area contributed by atoms with Crippen molar-refractivity contribution in [3.05, 3.63) is 53.6 Å². The van der Waals surface area contributed by atoms with E-state index in [2.05, 4.69) is 5.32 Å². The summed E-state index contributed by atoms with van der Waals surface area (Å²) in [6.45, 7) is 1.20. The topological polar surface area (TPSA) is 73.9 Å². The molecule has 1 N–H and O–H groups in total. The van der Waals surface area contributed by atoms with E-state index in [0.29, 0.717) is 36.0 Å². The number of esters is 1. The minimum Gasteiger partial charge on any atom is -0.490 e. The monoisotopic (exact) mass is 339 g/mol. The number of rotatable bonds is 3. The van der Waals surface area contributed by atoms with Crippen LogP contribution in [0, 0.1) is 0 Å². The predicted octanol–water partition coefficient (Wildman–Crippen LogP) is 3.09. The van der Waals surface area contributed by atoms with Crippen molar-refractivity contribution in [1.29, 1.82) is 0 Å². The van der Waals surface area contributed by atoms with E-state index in [4.69, 9.17) is 14.2 Å².